The molecule has 1 N–H and O–H groups in total. The number of aliphatic hydroxyl groups is 1. The van der Waals surface area contributed by atoms with Gasteiger partial charge in [0.2, 0.25) is 0 Å². The molecule has 28 heavy (non-hydrogen) atoms. The van der Waals surface area contributed by atoms with Crippen LogP contribution in [0.4, 0.5) is 13.2 Å². The molecule has 0 aliphatic heterocycles. The molecule has 0 radical (unpaired) electrons. The number of fused-ring (bicyclic) bond motifs is 1. The maximum Gasteiger partial charge on any atom is 0.416 e. The van der Waals surface area contributed by atoms with Crippen LogP contribution in [0.5, 0.6) is 0 Å². The number of hydrogen-bond acceptors (Lipinski definition) is 3. The van der Waals surface area contributed by atoms with Gasteiger partial charge < -0.3 is 5.11 Å². The molecule has 0 aliphatic carbocycles. The monoisotopic (exact) mass is 428 g/mol. The summed E-state index contributed by atoms with van der Waals surface area (Å²) in [5, 5.41) is 9.54. The Morgan fingerprint density at radius 1 is 1.21 bits per heavy atom. The Hall–Kier alpha value is -2.51. The normalized spacial score (nSPS) is 11.8. The van der Waals surface area contributed by atoms with Crippen LogP contribution in [0.3, 0.4) is 0 Å². The number of benzene rings is 1. The van der Waals surface area contributed by atoms with Crippen molar-refractivity contribution in [2.45, 2.75) is 20.0 Å². The van der Waals surface area contributed by atoms with Crippen LogP contribution in [-0.4, -0.2) is 20.6 Å². The third-order valence-corrected chi connectivity index (χ3v) is 5.01. The summed E-state index contributed by atoms with van der Waals surface area (Å²) in [4.78, 5) is 17.0. The maximum atomic E-state index is 13.1. The fraction of sp³-hybridized carbons (Fsp3) is 0.158. The third-order valence-electron chi connectivity index (χ3n) is 4.33. The molecule has 0 amide bonds. The first-order valence-electron chi connectivity index (χ1n) is 7.90. The van der Waals surface area contributed by atoms with Crippen molar-refractivity contribution in [3.8, 4) is 0 Å². The lowest BCUT2D eigenvalue weighted by atomic mass is 10.0. The molecule has 0 aliphatic rings. The highest BCUT2D eigenvalue weighted by Crippen LogP contribution is 2.36. The molecule has 0 saturated carbocycles. The number of nitrogens with zero attached hydrogens (tertiary/aromatic N) is 2. The Bertz CT molecular complexity index is 1150. The fourth-order valence-electron chi connectivity index (χ4n) is 3.02. The molecule has 146 valence electrons. The fourth-order valence-corrected chi connectivity index (χ4v) is 3.62. The van der Waals surface area contributed by atoms with E-state index in [9.17, 15) is 23.1 Å². The molecule has 4 nitrogen and oxygen atoms in total. The van der Waals surface area contributed by atoms with Gasteiger partial charge in [0.05, 0.1) is 27.2 Å². The summed E-state index contributed by atoms with van der Waals surface area (Å²) in [6.07, 6.45) is -1.93. The molecule has 2 aromatic heterocycles. The van der Waals surface area contributed by atoms with Gasteiger partial charge in [-0.2, -0.15) is 13.2 Å². The Kier molecular flexibility index (Phi) is 4.93. The Morgan fingerprint density at radius 2 is 1.86 bits per heavy atom. The van der Waals surface area contributed by atoms with E-state index < -0.39 is 23.4 Å². The number of hydrogen-bond donors (Lipinski definition) is 1. The molecule has 3 rings (SSSR count). The summed E-state index contributed by atoms with van der Waals surface area (Å²) in [6.45, 7) is 6.43. The van der Waals surface area contributed by atoms with Crippen molar-refractivity contribution >= 4 is 45.8 Å². The lowest BCUT2D eigenvalue weighted by Gasteiger charge is -2.13. The lowest BCUT2D eigenvalue weighted by molar-refractivity contribution is -0.137. The second-order valence-corrected chi connectivity index (χ2v) is 7.01. The molecule has 0 spiro atoms. The van der Waals surface area contributed by atoms with Gasteiger partial charge >= 0.3 is 6.18 Å². The van der Waals surface area contributed by atoms with Crippen LogP contribution < -0.4 is 0 Å². The van der Waals surface area contributed by atoms with E-state index in [-0.39, 0.29) is 32.3 Å². The van der Waals surface area contributed by atoms with E-state index in [4.69, 9.17) is 23.2 Å². The Balaban J connectivity index is 2.28. The zero-order valence-corrected chi connectivity index (χ0v) is 16.2. The molecule has 0 saturated heterocycles. The second kappa shape index (κ2) is 6.83. The van der Waals surface area contributed by atoms with E-state index >= 15 is 0 Å². The lowest BCUT2D eigenvalue weighted by Crippen LogP contribution is -2.14. The summed E-state index contributed by atoms with van der Waals surface area (Å²) in [7, 11) is 0. The minimum atomic E-state index is -4.51. The molecule has 3 aromatic rings. The molecular formula is C19H13Cl2F3N2O2. The van der Waals surface area contributed by atoms with E-state index in [1.54, 1.807) is 6.92 Å². The number of aromatic nitrogens is 2. The van der Waals surface area contributed by atoms with Crippen LogP contribution in [0, 0.1) is 13.8 Å². The SMILES string of the molecule is C=C(O)c1cnc(Cl)c(C(=O)n2cc(C)c3cc(C(F)(F)F)cc(C)c32)c1Cl. The van der Waals surface area contributed by atoms with E-state index in [2.05, 4.69) is 11.6 Å². The van der Waals surface area contributed by atoms with Crippen molar-refractivity contribution in [3.05, 3.63) is 69.1 Å². The molecule has 1 aromatic carbocycles. The van der Waals surface area contributed by atoms with Gasteiger partial charge in [-0.05, 0) is 37.1 Å². The molecule has 0 unspecified atom stereocenters. The van der Waals surface area contributed by atoms with Gasteiger partial charge in [-0.3, -0.25) is 9.36 Å². The van der Waals surface area contributed by atoms with Gasteiger partial charge in [-0.15, -0.1) is 0 Å². The predicted octanol–water partition coefficient (Wildman–Crippen LogP) is 6.20. The van der Waals surface area contributed by atoms with Gasteiger partial charge in [0.1, 0.15) is 10.9 Å². The van der Waals surface area contributed by atoms with E-state index in [0.29, 0.717) is 11.1 Å². The van der Waals surface area contributed by atoms with E-state index in [1.807, 2.05) is 0 Å². The minimum absolute atomic E-state index is 0.0266. The van der Waals surface area contributed by atoms with Crippen molar-refractivity contribution in [2.75, 3.05) is 0 Å². The van der Waals surface area contributed by atoms with E-state index in [0.717, 1.165) is 12.1 Å². The maximum absolute atomic E-state index is 13.1. The Labute approximate surface area is 167 Å². The molecule has 0 atom stereocenters. The summed E-state index contributed by atoms with van der Waals surface area (Å²) in [6, 6.07) is 1.97. The summed E-state index contributed by atoms with van der Waals surface area (Å²) in [5.74, 6) is -1.09. The Morgan fingerprint density at radius 3 is 2.43 bits per heavy atom. The number of aryl methyl sites for hydroxylation is 2. The quantitative estimate of drug-likeness (QED) is 0.390. The third kappa shape index (κ3) is 3.25. The topological polar surface area (TPSA) is 55.1 Å². The van der Waals surface area contributed by atoms with Crippen LogP contribution in [0.15, 0.2) is 31.1 Å². The predicted molar refractivity (Wildman–Crippen MR) is 102 cm³/mol. The standard InChI is InChI=1S/C19H13Cl2F3N2O2/c1-8-4-11(19(22,23)24)5-12-9(2)7-26(16(8)12)18(28)14-15(20)13(10(3)27)6-25-17(14)21/h4-7,27H,3H2,1-2H3. The van der Waals surface area contributed by atoms with Crippen molar-refractivity contribution in [1.29, 1.82) is 0 Å². The molecule has 2 heterocycles. The van der Waals surface area contributed by atoms with Crippen LogP contribution in [0.25, 0.3) is 16.7 Å². The first kappa shape index (κ1) is 20.2. The largest absolute Gasteiger partial charge is 0.508 e. The van der Waals surface area contributed by atoms with Crippen LogP contribution in [0.1, 0.15) is 32.6 Å². The van der Waals surface area contributed by atoms with Gasteiger partial charge in [0, 0.05) is 17.8 Å². The molecule has 0 bridgehead atoms. The van der Waals surface area contributed by atoms with Crippen LogP contribution in [0.2, 0.25) is 10.2 Å². The van der Waals surface area contributed by atoms with Crippen molar-refractivity contribution in [3.63, 3.8) is 0 Å². The van der Waals surface area contributed by atoms with Crippen molar-refractivity contribution in [1.82, 2.24) is 9.55 Å². The molecule has 9 heteroatoms. The average Bonchev–Trinajstić information content (AvgIpc) is 2.91. The molecular weight excluding hydrogens is 416 g/mol. The number of aliphatic hydroxyl groups excluding tert-OH is 1. The zero-order chi connectivity index (χ0) is 21.0. The summed E-state index contributed by atoms with van der Waals surface area (Å²) >= 11 is 12.3. The molecule has 0 fully saturated rings. The number of pyridine rings is 1. The number of alkyl halides is 3. The average molecular weight is 429 g/mol. The van der Waals surface area contributed by atoms with Crippen molar-refractivity contribution in [2.24, 2.45) is 0 Å². The number of carbonyl (C=O) groups is 1. The zero-order valence-electron chi connectivity index (χ0n) is 14.7. The van der Waals surface area contributed by atoms with Crippen molar-refractivity contribution < 1.29 is 23.1 Å². The van der Waals surface area contributed by atoms with E-state index in [1.165, 1.54) is 23.9 Å². The van der Waals surface area contributed by atoms with Gasteiger partial charge in [-0.25, -0.2) is 4.98 Å². The smallest absolute Gasteiger partial charge is 0.416 e. The van der Waals surface area contributed by atoms with Gasteiger partial charge in [-0.1, -0.05) is 29.8 Å². The minimum Gasteiger partial charge on any atom is -0.508 e. The van der Waals surface area contributed by atoms with Crippen LogP contribution >= 0.6 is 23.2 Å². The second-order valence-electron chi connectivity index (χ2n) is 6.27. The summed E-state index contributed by atoms with van der Waals surface area (Å²) in [5.41, 5.74) is 0.0681. The van der Waals surface area contributed by atoms with Gasteiger partial charge in [0.15, 0.2) is 0 Å². The highest BCUT2D eigenvalue weighted by Gasteiger charge is 2.32. The highest BCUT2D eigenvalue weighted by atomic mass is 35.5. The first-order chi connectivity index (χ1) is 12.9. The van der Waals surface area contributed by atoms with Gasteiger partial charge in [0.25, 0.3) is 5.91 Å². The summed E-state index contributed by atoms with van der Waals surface area (Å²) < 4.78 is 40.6. The first-order valence-corrected chi connectivity index (χ1v) is 8.65. The number of halogens is 5. The highest BCUT2D eigenvalue weighted by molar-refractivity contribution is 6.40. The number of rotatable bonds is 2. The van der Waals surface area contributed by atoms with Crippen LogP contribution in [-0.2, 0) is 6.18 Å². The number of carbonyl (C=O) groups excluding carboxylic acids is 1.